The van der Waals surface area contributed by atoms with Crippen LogP contribution in [-0.2, 0) is 9.59 Å². The van der Waals surface area contributed by atoms with Crippen LogP contribution in [0.4, 0.5) is 4.79 Å². The Labute approximate surface area is 122 Å². The average molecular weight is 293 g/mol. The molecule has 8 heteroatoms. The van der Waals surface area contributed by atoms with Crippen molar-refractivity contribution in [2.24, 2.45) is 0 Å². The summed E-state index contributed by atoms with van der Waals surface area (Å²) in [5, 5.41) is 9.36. The van der Waals surface area contributed by atoms with E-state index in [9.17, 15) is 14.4 Å². The zero-order chi connectivity index (χ0) is 15.4. The van der Waals surface area contributed by atoms with Crippen molar-refractivity contribution in [3.63, 3.8) is 0 Å². The summed E-state index contributed by atoms with van der Waals surface area (Å²) >= 11 is 0. The number of hydrogen-bond acceptors (Lipinski definition) is 4. The van der Waals surface area contributed by atoms with E-state index in [1.54, 1.807) is 19.4 Å². The van der Waals surface area contributed by atoms with Gasteiger partial charge in [0, 0.05) is 31.8 Å². The van der Waals surface area contributed by atoms with Crippen molar-refractivity contribution < 1.29 is 14.4 Å². The summed E-state index contributed by atoms with van der Waals surface area (Å²) in [6, 6.07) is -0.426. The van der Waals surface area contributed by atoms with Crippen LogP contribution < -0.4 is 5.32 Å². The van der Waals surface area contributed by atoms with Crippen LogP contribution in [0.15, 0.2) is 12.4 Å². The highest BCUT2D eigenvalue weighted by atomic mass is 16.2. The van der Waals surface area contributed by atoms with Crippen molar-refractivity contribution in [3.05, 3.63) is 18.0 Å². The van der Waals surface area contributed by atoms with Crippen molar-refractivity contribution in [2.75, 3.05) is 20.1 Å². The first-order valence-electron chi connectivity index (χ1n) is 6.82. The lowest BCUT2D eigenvalue weighted by molar-refractivity contribution is -0.126. The lowest BCUT2D eigenvalue weighted by atomic mass is 10.2. The first-order valence-corrected chi connectivity index (χ1v) is 6.82. The Kier molecular flexibility index (Phi) is 4.56. The molecule has 1 aromatic rings. The second kappa shape index (κ2) is 6.38. The number of urea groups is 1. The fraction of sp³-hybridized carbons (Fsp3) is 0.538. The highest BCUT2D eigenvalue weighted by molar-refractivity contribution is 6.01. The number of rotatable bonds is 6. The van der Waals surface area contributed by atoms with Crippen LogP contribution in [0.3, 0.4) is 0 Å². The fourth-order valence-electron chi connectivity index (χ4n) is 2.18. The summed E-state index contributed by atoms with van der Waals surface area (Å²) in [4.78, 5) is 37.6. The van der Waals surface area contributed by atoms with Crippen molar-refractivity contribution in [1.29, 1.82) is 0 Å². The number of nitrogens with zero attached hydrogens (tertiary/aromatic N) is 3. The molecule has 0 radical (unpaired) electrons. The molecule has 0 aromatic carbocycles. The number of hydrogen-bond donors (Lipinski definition) is 2. The summed E-state index contributed by atoms with van der Waals surface area (Å²) in [5.74, 6) is -0.328. The molecule has 4 amide bonds. The van der Waals surface area contributed by atoms with Gasteiger partial charge in [0.2, 0.25) is 11.8 Å². The molecule has 0 saturated carbocycles. The van der Waals surface area contributed by atoms with Gasteiger partial charge in [-0.1, -0.05) is 0 Å². The maximum atomic E-state index is 11.8. The van der Waals surface area contributed by atoms with Gasteiger partial charge in [-0.3, -0.25) is 19.6 Å². The van der Waals surface area contributed by atoms with Crippen molar-refractivity contribution in [1.82, 2.24) is 25.3 Å². The lowest BCUT2D eigenvalue weighted by Crippen LogP contribution is -2.33. The number of likely N-dealkylation sites (N-methyl/N-ethyl adjacent to an activating group) is 1. The number of carbonyl (C=O) groups is 3. The molecule has 2 rings (SSSR count). The molecule has 1 unspecified atom stereocenters. The van der Waals surface area contributed by atoms with E-state index in [4.69, 9.17) is 0 Å². The zero-order valence-electron chi connectivity index (χ0n) is 12.1. The quantitative estimate of drug-likeness (QED) is 0.735. The van der Waals surface area contributed by atoms with E-state index >= 15 is 0 Å². The molecule has 0 spiro atoms. The molecule has 8 nitrogen and oxygen atoms in total. The Bertz CT molecular complexity index is 528. The molecule has 1 aliphatic rings. The number of imide groups is 1. The van der Waals surface area contributed by atoms with E-state index < -0.39 is 0 Å². The van der Waals surface area contributed by atoms with Crippen LogP contribution in [0.25, 0.3) is 0 Å². The standard InChI is InChI=1S/C13H19N5O3/c1-9(10-6-14-15-7-10)16-11(19)4-3-5-18-12(20)8-17(2)13(18)21/h6-7,9H,3-5,8H2,1-2H3,(H,14,15)(H,16,19). The molecule has 1 fully saturated rings. The summed E-state index contributed by atoms with van der Waals surface area (Å²) in [7, 11) is 1.58. The third kappa shape index (κ3) is 3.59. The van der Waals surface area contributed by atoms with E-state index in [1.165, 1.54) is 9.80 Å². The van der Waals surface area contributed by atoms with Gasteiger partial charge in [-0.15, -0.1) is 0 Å². The summed E-state index contributed by atoms with van der Waals surface area (Å²) in [6.45, 7) is 2.25. The summed E-state index contributed by atoms with van der Waals surface area (Å²) < 4.78 is 0. The molecule has 21 heavy (non-hydrogen) atoms. The van der Waals surface area contributed by atoms with Crippen LogP contribution in [0.2, 0.25) is 0 Å². The molecule has 2 heterocycles. The second-order valence-electron chi connectivity index (χ2n) is 5.11. The molecular weight excluding hydrogens is 274 g/mol. The Hall–Kier alpha value is -2.38. The van der Waals surface area contributed by atoms with Crippen molar-refractivity contribution in [2.45, 2.75) is 25.8 Å². The predicted molar refractivity (Wildman–Crippen MR) is 74.1 cm³/mol. The molecule has 0 bridgehead atoms. The monoisotopic (exact) mass is 293 g/mol. The molecular formula is C13H19N5O3. The van der Waals surface area contributed by atoms with Gasteiger partial charge in [-0.25, -0.2) is 4.79 Å². The number of aromatic amines is 1. The van der Waals surface area contributed by atoms with Crippen LogP contribution in [-0.4, -0.2) is 58.0 Å². The highest BCUT2D eigenvalue weighted by Crippen LogP contribution is 2.11. The maximum absolute atomic E-state index is 11.8. The van der Waals surface area contributed by atoms with Gasteiger partial charge < -0.3 is 10.2 Å². The smallest absolute Gasteiger partial charge is 0.326 e. The van der Waals surface area contributed by atoms with Crippen LogP contribution in [0, 0.1) is 0 Å². The first-order chi connectivity index (χ1) is 9.99. The molecule has 1 saturated heterocycles. The van der Waals surface area contributed by atoms with Gasteiger partial charge >= 0.3 is 6.03 Å². The van der Waals surface area contributed by atoms with Gasteiger partial charge in [0.1, 0.15) is 6.54 Å². The number of nitrogens with one attached hydrogen (secondary N) is 2. The van der Waals surface area contributed by atoms with Gasteiger partial charge in [0.15, 0.2) is 0 Å². The van der Waals surface area contributed by atoms with E-state index in [0.29, 0.717) is 6.42 Å². The Morgan fingerprint density at radius 3 is 2.86 bits per heavy atom. The Morgan fingerprint density at radius 1 is 1.52 bits per heavy atom. The van der Waals surface area contributed by atoms with Gasteiger partial charge in [-0.2, -0.15) is 5.10 Å². The largest absolute Gasteiger partial charge is 0.349 e. The van der Waals surface area contributed by atoms with Crippen LogP contribution in [0.5, 0.6) is 0 Å². The van der Waals surface area contributed by atoms with E-state index in [2.05, 4.69) is 15.5 Å². The summed E-state index contributed by atoms with van der Waals surface area (Å²) in [5.41, 5.74) is 0.898. The minimum Gasteiger partial charge on any atom is -0.349 e. The number of amides is 4. The minimum atomic E-state index is -0.299. The van der Waals surface area contributed by atoms with Crippen molar-refractivity contribution in [3.8, 4) is 0 Å². The third-order valence-electron chi connectivity index (χ3n) is 3.41. The number of carbonyl (C=O) groups excluding carboxylic acids is 3. The first kappa shape index (κ1) is 15.0. The number of aromatic nitrogens is 2. The second-order valence-corrected chi connectivity index (χ2v) is 5.11. The maximum Gasteiger partial charge on any atom is 0.326 e. The molecule has 2 N–H and O–H groups in total. The fourth-order valence-corrected chi connectivity index (χ4v) is 2.18. The van der Waals surface area contributed by atoms with Gasteiger partial charge in [0.25, 0.3) is 0 Å². The van der Waals surface area contributed by atoms with E-state index in [1.807, 2.05) is 6.92 Å². The summed E-state index contributed by atoms with van der Waals surface area (Å²) in [6.07, 6.45) is 4.10. The SMILES string of the molecule is CC(NC(=O)CCCN1C(=O)CN(C)C1=O)c1cn[nH]c1. The topological polar surface area (TPSA) is 98.4 Å². The minimum absolute atomic E-state index is 0.114. The molecule has 0 aliphatic carbocycles. The van der Waals surface area contributed by atoms with E-state index in [-0.39, 0.29) is 43.4 Å². The van der Waals surface area contributed by atoms with Crippen LogP contribution in [0.1, 0.15) is 31.4 Å². The van der Waals surface area contributed by atoms with Gasteiger partial charge in [-0.05, 0) is 13.3 Å². The molecule has 1 aromatic heterocycles. The zero-order valence-corrected chi connectivity index (χ0v) is 12.1. The van der Waals surface area contributed by atoms with Crippen LogP contribution >= 0.6 is 0 Å². The average Bonchev–Trinajstić information content (AvgIpc) is 3.03. The Morgan fingerprint density at radius 2 is 2.29 bits per heavy atom. The number of H-pyrrole nitrogens is 1. The third-order valence-corrected chi connectivity index (χ3v) is 3.41. The van der Waals surface area contributed by atoms with Crippen molar-refractivity contribution >= 4 is 17.8 Å². The molecule has 114 valence electrons. The predicted octanol–water partition coefficient (Wildman–Crippen LogP) is 0.261. The van der Waals surface area contributed by atoms with E-state index in [0.717, 1.165) is 5.56 Å². The highest BCUT2D eigenvalue weighted by Gasteiger charge is 2.32. The normalized spacial score (nSPS) is 16.5. The molecule has 1 aliphatic heterocycles. The lowest BCUT2D eigenvalue weighted by Gasteiger charge is -2.15. The molecule has 1 atom stereocenters. The van der Waals surface area contributed by atoms with Gasteiger partial charge in [0.05, 0.1) is 12.2 Å². The Balaban J connectivity index is 1.72.